The molecule has 5 rings (SSSR count). The third-order valence-corrected chi connectivity index (χ3v) is 9.79. The number of amides is 1. The number of nitrogens with zero attached hydrogens (tertiary/aromatic N) is 4. The number of primary amides is 1. The molecule has 2 N–H and O–H groups in total. The molecule has 3 aromatic carbocycles. The molecule has 2 aliphatic heterocycles. The largest absolute Gasteiger partial charge is 0.369 e. The van der Waals surface area contributed by atoms with Crippen LogP contribution in [0.3, 0.4) is 0 Å². The number of rotatable bonds is 12. The second-order valence-electron chi connectivity index (χ2n) is 12.8. The van der Waals surface area contributed by atoms with Crippen molar-refractivity contribution in [1.82, 2.24) is 19.6 Å². The van der Waals surface area contributed by atoms with Crippen LogP contribution in [-0.4, -0.2) is 97.0 Å². The van der Waals surface area contributed by atoms with Gasteiger partial charge in [0.25, 0.3) is 0 Å². The maximum atomic E-state index is 13.8. The fourth-order valence-corrected chi connectivity index (χ4v) is 7.02. The lowest BCUT2D eigenvalue weighted by atomic mass is 9.70. The Hall–Kier alpha value is -2.08. The first-order valence-corrected chi connectivity index (χ1v) is 16.2. The molecule has 1 amide bonds. The van der Waals surface area contributed by atoms with E-state index in [1.807, 2.05) is 12.1 Å². The second kappa shape index (κ2) is 20.7. The van der Waals surface area contributed by atoms with Gasteiger partial charge >= 0.3 is 0 Å². The van der Waals surface area contributed by atoms with E-state index in [1.54, 1.807) is 36.4 Å². The molecule has 1 atom stereocenters. The van der Waals surface area contributed by atoms with Crippen LogP contribution >= 0.6 is 49.6 Å². The van der Waals surface area contributed by atoms with Crippen LogP contribution in [0.2, 0.25) is 0 Å². The molecule has 274 valence electrons. The van der Waals surface area contributed by atoms with Crippen LogP contribution < -0.4 is 5.73 Å². The minimum atomic E-state index is -1.19. The van der Waals surface area contributed by atoms with Gasteiger partial charge in [-0.1, -0.05) is 36.4 Å². The lowest BCUT2D eigenvalue weighted by Gasteiger charge is -2.44. The average molecular weight is 768 g/mol. The number of hydrogen-bond donors (Lipinski definition) is 1. The summed E-state index contributed by atoms with van der Waals surface area (Å²) in [5.74, 6) is -1.54. The molecule has 49 heavy (non-hydrogen) atoms. The van der Waals surface area contributed by atoms with Crippen LogP contribution in [0, 0.1) is 17.5 Å². The maximum absolute atomic E-state index is 13.8. The standard InChI is InChI=1S/C36H46F3N5O.4ClH/c1-27(2)43-22-24-44(25-23-43)34(28-4-10-31(37)11-5-28)26-42-20-18-41(19-21-42)17-3-16-36(35(40)45,29-6-12-32(38)13-7-29)30-8-14-33(39)15-9-30;;;;/h4-15,27,34H,3,16-26H2,1-2H3,(H2,40,45);4*1H. The van der Waals surface area contributed by atoms with Gasteiger partial charge in [-0.25, -0.2) is 13.2 Å². The van der Waals surface area contributed by atoms with E-state index in [0.29, 0.717) is 30.0 Å². The zero-order chi connectivity index (χ0) is 32.0. The monoisotopic (exact) mass is 765 g/mol. The van der Waals surface area contributed by atoms with Crippen molar-refractivity contribution in [1.29, 1.82) is 0 Å². The fourth-order valence-electron chi connectivity index (χ4n) is 7.02. The predicted molar refractivity (Wildman–Crippen MR) is 201 cm³/mol. The first kappa shape index (κ1) is 44.9. The number of carbonyl (C=O) groups is 1. The lowest BCUT2D eigenvalue weighted by Crippen LogP contribution is -2.53. The van der Waals surface area contributed by atoms with E-state index in [0.717, 1.165) is 71.0 Å². The topological polar surface area (TPSA) is 56.1 Å². The molecule has 1 unspecified atom stereocenters. The number of piperazine rings is 2. The predicted octanol–water partition coefficient (Wildman–Crippen LogP) is 6.73. The third kappa shape index (κ3) is 11.2. The Morgan fingerprint density at radius 2 is 1.06 bits per heavy atom. The molecule has 2 fully saturated rings. The molecule has 0 bridgehead atoms. The number of carbonyl (C=O) groups excluding carboxylic acids is 1. The van der Waals surface area contributed by atoms with Crippen LogP contribution in [0.15, 0.2) is 72.8 Å². The molecule has 0 aromatic heterocycles. The molecular formula is C36H50Cl4F3N5O. The highest BCUT2D eigenvalue weighted by atomic mass is 35.5. The highest BCUT2D eigenvalue weighted by molar-refractivity contribution is 5.90. The average Bonchev–Trinajstić information content (AvgIpc) is 3.04. The van der Waals surface area contributed by atoms with Gasteiger partial charge in [0.1, 0.15) is 17.5 Å². The van der Waals surface area contributed by atoms with Gasteiger partial charge in [0.05, 0.1) is 5.41 Å². The Kier molecular flexibility index (Phi) is 19.0. The molecule has 13 heteroatoms. The Bertz CT molecular complexity index is 1340. The summed E-state index contributed by atoms with van der Waals surface area (Å²) in [6, 6.07) is 19.4. The zero-order valence-corrected chi connectivity index (χ0v) is 31.4. The van der Waals surface area contributed by atoms with E-state index in [4.69, 9.17) is 5.73 Å². The van der Waals surface area contributed by atoms with Gasteiger partial charge in [-0.2, -0.15) is 0 Å². The first-order valence-electron chi connectivity index (χ1n) is 16.2. The van der Waals surface area contributed by atoms with Gasteiger partial charge < -0.3 is 10.6 Å². The van der Waals surface area contributed by atoms with Crippen molar-refractivity contribution in [3.05, 3.63) is 107 Å². The summed E-state index contributed by atoms with van der Waals surface area (Å²) >= 11 is 0. The molecule has 0 saturated carbocycles. The van der Waals surface area contributed by atoms with Crippen molar-refractivity contribution in [2.45, 2.75) is 44.2 Å². The minimum Gasteiger partial charge on any atom is -0.369 e. The van der Waals surface area contributed by atoms with E-state index in [1.165, 1.54) is 24.3 Å². The van der Waals surface area contributed by atoms with Crippen molar-refractivity contribution in [2.75, 3.05) is 65.4 Å². The number of benzene rings is 3. The smallest absolute Gasteiger partial charge is 0.232 e. The van der Waals surface area contributed by atoms with Crippen LogP contribution in [0.1, 0.15) is 49.4 Å². The molecule has 3 aromatic rings. The quantitative estimate of drug-likeness (QED) is 0.222. The van der Waals surface area contributed by atoms with Gasteiger partial charge in [-0.15, -0.1) is 49.6 Å². The Morgan fingerprint density at radius 1 is 0.653 bits per heavy atom. The van der Waals surface area contributed by atoms with Crippen molar-refractivity contribution < 1.29 is 18.0 Å². The SMILES string of the molecule is CC(C)N1CCN(C(CN2CCN(CCCC(C(N)=O)(c3ccc(F)cc3)c3ccc(F)cc3)CC2)c2ccc(F)cc2)CC1.Cl.Cl.Cl.Cl. The van der Waals surface area contributed by atoms with Gasteiger partial charge in [-0.3, -0.25) is 19.5 Å². The van der Waals surface area contributed by atoms with E-state index >= 15 is 0 Å². The van der Waals surface area contributed by atoms with Crippen molar-refractivity contribution in [3.63, 3.8) is 0 Å². The highest BCUT2D eigenvalue weighted by Crippen LogP contribution is 2.37. The van der Waals surface area contributed by atoms with Crippen LogP contribution in [0.5, 0.6) is 0 Å². The van der Waals surface area contributed by atoms with Gasteiger partial charge in [0.2, 0.25) is 5.91 Å². The molecule has 0 radical (unpaired) electrons. The Balaban J connectivity index is 0.00000300. The lowest BCUT2D eigenvalue weighted by molar-refractivity contribution is -0.122. The summed E-state index contributed by atoms with van der Waals surface area (Å²) in [6.45, 7) is 13.8. The summed E-state index contributed by atoms with van der Waals surface area (Å²) in [5.41, 5.74) is 7.24. The van der Waals surface area contributed by atoms with Crippen LogP contribution in [0.25, 0.3) is 0 Å². The number of halogens is 7. The minimum absolute atomic E-state index is 0. The zero-order valence-electron chi connectivity index (χ0n) is 28.1. The van der Waals surface area contributed by atoms with E-state index in [9.17, 15) is 18.0 Å². The van der Waals surface area contributed by atoms with Crippen molar-refractivity contribution in [2.24, 2.45) is 5.73 Å². The molecule has 0 spiro atoms. The molecule has 2 aliphatic rings. The molecular weight excluding hydrogens is 717 g/mol. The molecule has 6 nitrogen and oxygen atoms in total. The molecule has 2 heterocycles. The Morgan fingerprint density at radius 3 is 1.49 bits per heavy atom. The number of hydrogen-bond acceptors (Lipinski definition) is 5. The van der Waals surface area contributed by atoms with Crippen molar-refractivity contribution in [3.8, 4) is 0 Å². The van der Waals surface area contributed by atoms with Crippen LogP contribution in [0.4, 0.5) is 13.2 Å². The Labute approximate surface area is 314 Å². The normalized spacial score (nSPS) is 16.9. The maximum Gasteiger partial charge on any atom is 0.232 e. The molecule has 2 saturated heterocycles. The highest BCUT2D eigenvalue weighted by Gasteiger charge is 2.40. The van der Waals surface area contributed by atoms with Gasteiger partial charge in [-0.05, 0) is 86.3 Å². The molecule has 0 aliphatic carbocycles. The summed E-state index contributed by atoms with van der Waals surface area (Å²) in [6.07, 6.45) is 1.12. The first-order chi connectivity index (χ1) is 21.7. The van der Waals surface area contributed by atoms with Crippen molar-refractivity contribution >= 4 is 55.5 Å². The van der Waals surface area contributed by atoms with E-state index < -0.39 is 23.0 Å². The second-order valence-corrected chi connectivity index (χ2v) is 12.8. The number of nitrogens with two attached hydrogens (primary N) is 1. The third-order valence-electron chi connectivity index (χ3n) is 9.79. The fraction of sp³-hybridized carbons (Fsp3) is 0.472. The van der Waals surface area contributed by atoms with E-state index in [2.05, 4.69) is 33.4 Å². The van der Waals surface area contributed by atoms with Gasteiger partial charge in [0.15, 0.2) is 0 Å². The van der Waals surface area contributed by atoms with Crippen LogP contribution in [-0.2, 0) is 10.2 Å². The summed E-state index contributed by atoms with van der Waals surface area (Å²) in [4.78, 5) is 23.1. The van der Waals surface area contributed by atoms with Gasteiger partial charge in [0, 0.05) is 71.0 Å². The summed E-state index contributed by atoms with van der Waals surface area (Å²) in [5, 5.41) is 0. The summed E-state index contributed by atoms with van der Waals surface area (Å²) < 4.78 is 41.4. The van der Waals surface area contributed by atoms with E-state index in [-0.39, 0.29) is 61.5 Å². The summed E-state index contributed by atoms with van der Waals surface area (Å²) in [7, 11) is 0.